The van der Waals surface area contributed by atoms with Crippen LogP contribution in [0.2, 0.25) is 5.02 Å². The molecule has 4 rings (SSSR count). The zero-order chi connectivity index (χ0) is 21.5. The quantitative estimate of drug-likeness (QED) is 0.756. The Morgan fingerprint density at radius 1 is 1.27 bits per heavy atom. The molecule has 2 amide bonds. The van der Waals surface area contributed by atoms with Crippen LogP contribution in [0.5, 0.6) is 0 Å². The van der Waals surface area contributed by atoms with Crippen molar-refractivity contribution in [1.29, 1.82) is 0 Å². The molecule has 1 aliphatic carbocycles. The Bertz CT molecular complexity index is 829. The van der Waals surface area contributed by atoms with Gasteiger partial charge in [0.05, 0.1) is 28.4 Å². The number of hydrogen-bond donors (Lipinski definition) is 2. The minimum absolute atomic E-state index is 0.227. The van der Waals surface area contributed by atoms with Gasteiger partial charge in [0.2, 0.25) is 5.91 Å². The first-order chi connectivity index (χ1) is 14.3. The third-order valence-electron chi connectivity index (χ3n) is 7.01. The van der Waals surface area contributed by atoms with Crippen molar-refractivity contribution in [3.8, 4) is 0 Å². The lowest BCUT2D eigenvalue weighted by Crippen LogP contribution is -2.50. The van der Waals surface area contributed by atoms with Crippen molar-refractivity contribution >= 4 is 35.1 Å². The first kappa shape index (κ1) is 21.2. The summed E-state index contributed by atoms with van der Waals surface area (Å²) in [6.45, 7) is 2.13. The second-order valence-electron chi connectivity index (χ2n) is 8.86. The zero-order valence-electron chi connectivity index (χ0n) is 17.3. The number of piperidine rings is 1. The van der Waals surface area contributed by atoms with Crippen LogP contribution >= 0.6 is 11.6 Å². The molecule has 0 radical (unpaired) electrons. The lowest BCUT2D eigenvalue weighted by atomic mass is 9.78. The molecule has 1 spiro atoms. The third kappa shape index (κ3) is 3.83. The number of carbonyl (C=O) groups is 2. The summed E-state index contributed by atoms with van der Waals surface area (Å²) in [4.78, 5) is 34.3. The van der Waals surface area contributed by atoms with Crippen LogP contribution < -0.4 is 9.80 Å². The van der Waals surface area contributed by atoms with Crippen LogP contribution in [0.25, 0.3) is 0 Å². The van der Waals surface area contributed by atoms with E-state index in [-0.39, 0.29) is 18.1 Å². The average Bonchev–Trinajstić information content (AvgIpc) is 3.03. The maximum Gasteiger partial charge on any atom is 0.411 e. The highest BCUT2D eigenvalue weighted by atomic mass is 35.5. The molecule has 3 fully saturated rings. The summed E-state index contributed by atoms with van der Waals surface area (Å²) in [6, 6.07) is 1.85. The van der Waals surface area contributed by atoms with Crippen molar-refractivity contribution in [2.75, 3.05) is 36.5 Å². The van der Waals surface area contributed by atoms with E-state index in [9.17, 15) is 14.7 Å². The molecule has 9 heteroatoms. The number of aromatic nitrogens is 1. The van der Waals surface area contributed by atoms with Gasteiger partial charge in [-0.3, -0.25) is 9.69 Å². The van der Waals surface area contributed by atoms with Crippen LogP contribution in [0, 0.1) is 5.41 Å². The molecule has 164 valence electrons. The monoisotopic (exact) mass is 436 g/mol. The molecular formula is C21H29ClN4O4. The fraction of sp³-hybridized carbons (Fsp3) is 0.667. The number of amides is 2. The van der Waals surface area contributed by atoms with Gasteiger partial charge in [0.25, 0.3) is 0 Å². The fourth-order valence-corrected chi connectivity index (χ4v) is 5.48. The first-order valence-corrected chi connectivity index (χ1v) is 11.0. The van der Waals surface area contributed by atoms with Crippen LogP contribution in [0.4, 0.5) is 16.3 Å². The molecule has 2 aliphatic heterocycles. The van der Waals surface area contributed by atoms with Gasteiger partial charge in [-0.15, -0.1) is 0 Å². The van der Waals surface area contributed by atoms with E-state index in [0.717, 1.165) is 62.9 Å². The molecule has 30 heavy (non-hydrogen) atoms. The summed E-state index contributed by atoms with van der Waals surface area (Å²) < 4.78 is 0. The summed E-state index contributed by atoms with van der Waals surface area (Å²) in [6.07, 6.45) is 6.07. The second kappa shape index (κ2) is 8.23. The van der Waals surface area contributed by atoms with Gasteiger partial charge in [0, 0.05) is 32.7 Å². The Morgan fingerprint density at radius 2 is 2.00 bits per heavy atom. The zero-order valence-corrected chi connectivity index (χ0v) is 18.0. The average molecular weight is 437 g/mol. The lowest BCUT2D eigenvalue weighted by molar-refractivity contribution is -0.139. The Kier molecular flexibility index (Phi) is 5.81. The molecule has 3 heterocycles. The van der Waals surface area contributed by atoms with Gasteiger partial charge in [0.15, 0.2) is 0 Å². The summed E-state index contributed by atoms with van der Waals surface area (Å²) in [5, 5.41) is 19.3. The molecule has 0 unspecified atom stereocenters. The largest absolute Gasteiger partial charge is 0.465 e. The number of carboxylic acid groups (broad SMARTS) is 1. The molecular weight excluding hydrogens is 408 g/mol. The summed E-state index contributed by atoms with van der Waals surface area (Å²) >= 11 is 6.46. The molecule has 1 saturated carbocycles. The molecule has 1 atom stereocenters. The summed E-state index contributed by atoms with van der Waals surface area (Å²) in [7, 11) is 1.45. The van der Waals surface area contributed by atoms with Crippen molar-refractivity contribution in [2.24, 2.45) is 5.41 Å². The van der Waals surface area contributed by atoms with Crippen molar-refractivity contribution in [3.05, 3.63) is 17.3 Å². The van der Waals surface area contributed by atoms with Crippen LogP contribution in [0.3, 0.4) is 0 Å². The Hall–Kier alpha value is -2.06. The highest BCUT2D eigenvalue weighted by Gasteiger charge is 2.51. The maximum absolute atomic E-state index is 13.5. The fourth-order valence-electron chi connectivity index (χ4n) is 5.20. The minimum Gasteiger partial charge on any atom is -0.465 e. The van der Waals surface area contributed by atoms with Gasteiger partial charge >= 0.3 is 6.09 Å². The third-order valence-corrected chi connectivity index (χ3v) is 7.29. The van der Waals surface area contributed by atoms with Gasteiger partial charge in [-0.25, -0.2) is 9.78 Å². The number of rotatable bonds is 3. The number of aliphatic hydroxyl groups excluding tert-OH is 1. The molecule has 2 N–H and O–H groups in total. The topological polar surface area (TPSA) is 97.2 Å². The second-order valence-corrected chi connectivity index (χ2v) is 9.26. The van der Waals surface area contributed by atoms with Gasteiger partial charge in [-0.05, 0) is 51.0 Å². The predicted molar refractivity (Wildman–Crippen MR) is 114 cm³/mol. The number of aliphatic hydroxyl groups is 1. The van der Waals surface area contributed by atoms with Crippen molar-refractivity contribution in [2.45, 2.75) is 57.1 Å². The van der Waals surface area contributed by atoms with Crippen LogP contribution in [0.1, 0.15) is 44.9 Å². The molecule has 1 aromatic rings. The SMILES string of the molecule is CN(C(=O)O)c1cnc(N2CCC[C@]3(CCN(C4CCC(O)CC4)C3=O)C2)c(Cl)c1. The molecule has 8 nitrogen and oxygen atoms in total. The minimum atomic E-state index is -1.08. The van der Waals surface area contributed by atoms with Crippen LogP contribution in [-0.2, 0) is 4.79 Å². The number of hydrogen-bond acceptors (Lipinski definition) is 5. The van der Waals surface area contributed by atoms with Gasteiger partial charge < -0.3 is 20.0 Å². The predicted octanol–water partition coefficient (Wildman–Crippen LogP) is 2.97. The van der Waals surface area contributed by atoms with E-state index in [1.807, 2.05) is 0 Å². The molecule has 0 bridgehead atoms. The van der Waals surface area contributed by atoms with E-state index in [2.05, 4.69) is 14.8 Å². The van der Waals surface area contributed by atoms with Crippen molar-refractivity contribution in [1.82, 2.24) is 9.88 Å². The number of anilines is 2. The molecule has 3 aliphatic rings. The standard InChI is InChI=1S/C21H29ClN4O4/c1-24(20(29)30)15-11-17(22)18(23-12-15)25-9-2-7-21(13-25)8-10-26(19(21)28)14-3-5-16(27)6-4-14/h11-12,14,16,27H,2-10,13H2,1H3,(H,29,30)/t14?,16?,21-/m0/s1. The lowest BCUT2D eigenvalue weighted by Gasteiger charge is -2.41. The number of pyridine rings is 1. The first-order valence-electron chi connectivity index (χ1n) is 10.7. The highest BCUT2D eigenvalue weighted by molar-refractivity contribution is 6.33. The van der Waals surface area contributed by atoms with E-state index in [1.165, 1.54) is 13.2 Å². The normalized spacial score (nSPS) is 29.5. The summed E-state index contributed by atoms with van der Waals surface area (Å²) in [5.41, 5.74) is 0.00105. The molecule has 1 aromatic heterocycles. The molecule has 0 aromatic carbocycles. The number of likely N-dealkylation sites (tertiary alicyclic amines) is 1. The van der Waals surface area contributed by atoms with Crippen molar-refractivity contribution < 1.29 is 19.8 Å². The highest BCUT2D eigenvalue weighted by Crippen LogP contribution is 2.44. The maximum atomic E-state index is 13.5. The van der Waals surface area contributed by atoms with E-state index in [0.29, 0.717) is 23.1 Å². The van der Waals surface area contributed by atoms with Crippen LogP contribution in [0.15, 0.2) is 12.3 Å². The van der Waals surface area contributed by atoms with E-state index < -0.39 is 11.5 Å². The number of halogens is 1. The van der Waals surface area contributed by atoms with E-state index in [4.69, 9.17) is 16.7 Å². The van der Waals surface area contributed by atoms with Crippen LogP contribution in [-0.4, -0.2) is 70.9 Å². The smallest absolute Gasteiger partial charge is 0.411 e. The van der Waals surface area contributed by atoms with Gasteiger partial charge in [-0.2, -0.15) is 0 Å². The van der Waals surface area contributed by atoms with E-state index >= 15 is 0 Å². The summed E-state index contributed by atoms with van der Waals surface area (Å²) in [5.74, 6) is 0.831. The van der Waals surface area contributed by atoms with Crippen molar-refractivity contribution in [3.63, 3.8) is 0 Å². The van der Waals surface area contributed by atoms with E-state index in [1.54, 1.807) is 6.07 Å². The molecule has 2 saturated heterocycles. The van der Waals surface area contributed by atoms with Gasteiger partial charge in [-0.1, -0.05) is 11.6 Å². The Labute approximate surface area is 181 Å². The number of nitrogens with zero attached hydrogens (tertiary/aromatic N) is 4. The number of carbonyl (C=O) groups excluding carboxylic acids is 1. The Morgan fingerprint density at radius 3 is 2.67 bits per heavy atom. The van der Waals surface area contributed by atoms with Gasteiger partial charge in [0.1, 0.15) is 5.82 Å². The Balaban J connectivity index is 1.49.